The maximum Gasteiger partial charge on any atom is 0.251 e. The molecule has 0 unspecified atom stereocenters. The van der Waals surface area contributed by atoms with Crippen LogP contribution in [0, 0.1) is 11.6 Å². The second-order valence-corrected chi connectivity index (χ2v) is 6.81. The number of carbonyl (C=O) groups excluding carboxylic acids is 2. The smallest absolute Gasteiger partial charge is 0.251 e. The van der Waals surface area contributed by atoms with Crippen molar-refractivity contribution in [2.24, 2.45) is 0 Å². The summed E-state index contributed by atoms with van der Waals surface area (Å²) in [5.74, 6) is -0.879. The number of benzene rings is 2. The second kappa shape index (κ2) is 9.47. The third-order valence-corrected chi connectivity index (χ3v) is 4.85. The number of methoxy groups -OCH3 is 1. The van der Waals surface area contributed by atoms with E-state index in [-0.39, 0.29) is 23.8 Å². The number of rotatable bonds is 6. The fourth-order valence-corrected chi connectivity index (χ4v) is 3.27. The number of carbonyl (C=O) groups is 2. The highest BCUT2D eigenvalue weighted by molar-refractivity contribution is 5.96. The first-order chi connectivity index (χ1) is 14.0. The van der Waals surface area contributed by atoms with Crippen molar-refractivity contribution in [2.75, 3.05) is 39.8 Å². The Hall–Kier alpha value is -3.00. The van der Waals surface area contributed by atoms with E-state index in [9.17, 15) is 18.4 Å². The van der Waals surface area contributed by atoms with Gasteiger partial charge in [0.15, 0.2) is 0 Å². The van der Waals surface area contributed by atoms with E-state index < -0.39 is 11.7 Å². The Labute approximate surface area is 168 Å². The first kappa shape index (κ1) is 20.7. The van der Waals surface area contributed by atoms with Crippen molar-refractivity contribution in [1.29, 1.82) is 0 Å². The molecule has 0 atom stereocenters. The Morgan fingerprint density at radius 2 is 1.76 bits per heavy atom. The van der Waals surface area contributed by atoms with E-state index in [0.29, 0.717) is 38.5 Å². The normalized spacial score (nSPS) is 14.5. The number of halogens is 2. The number of hydrogen-bond acceptors (Lipinski definition) is 4. The standard InChI is InChI=1S/C21H23F2N3O3/c1-29-19-6-5-18(23)12-16(19)14-25-7-9-26(10-8-25)20(27)13-24-21(28)15-3-2-4-17(22)11-15/h2-6,11-12H,7-10,13-14H2,1H3,(H,24,28). The third-order valence-electron chi connectivity index (χ3n) is 4.85. The minimum atomic E-state index is -0.505. The Kier molecular flexibility index (Phi) is 6.77. The van der Waals surface area contributed by atoms with E-state index >= 15 is 0 Å². The minimum absolute atomic E-state index is 0.146. The fraction of sp³-hybridized carbons (Fsp3) is 0.333. The summed E-state index contributed by atoms with van der Waals surface area (Å²) in [6.45, 7) is 2.65. The lowest BCUT2D eigenvalue weighted by molar-refractivity contribution is -0.131. The van der Waals surface area contributed by atoms with E-state index in [4.69, 9.17) is 4.74 Å². The highest BCUT2D eigenvalue weighted by atomic mass is 19.1. The molecule has 0 aromatic heterocycles. The van der Waals surface area contributed by atoms with Crippen LogP contribution >= 0.6 is 0 Å². The van der Waals surface area contributed by atoms with Gasteiger partial charge in [0.25, 0.3) is 5.91 Å². The zero-order chi connectivity index (χ0) is 20.8. The largest absolute Gasteiger partial charge is 0.496 e. The van der Waals surface area contributed by atoms with Crippen molar-refractivity contribution in [3.63, 3.8) is 0 Å². The van der Waals surface area contributed by atoms with Gasteiger partial charge in [0, 0.05) is 43.9 Å². The highest BCUT2D eigenvalue weighted by Gasteiger charge is 2.22. The Balaban J connectivity index is 1.47. The quantitative estimate of drug-likeness (QED) is 0.802. The molecule has 0 bridgehead atoms. The van der Waals surface area contributed by atoms with Crippen molar-refractivity contribution in [3.05, 3.63) is 65.2 Å². The molecular weight excluding hydrogens is 380 g/mol. The number of nitrogens with zero attached hydrogens (tertiary/aromatic N) is 2. The van der Waals surface area contributed by atoms with E-state index in [0.717, 1.165) is 11.6 Å². The van der Waals surface area contributed by atoms with Crippen LogP contribution in [0.1, 0.15) is 15.9 Å². The Bertz CT molecular complexity index is 883. The zero-order valence-electron chi connectivity index (χ0n) is 16.2. The minimum Gasteiger partial charge on any atom is -0.496 e. The van der Waals surface area contributed by atoms with Gasteiger partial charge in [-0.05, 0) is 36.4 Å². The molecule has 1 aliphatic heterocycles. The van der Waals surface area contributed by atoms with Crippen LogP contribution in [0.5, 0.6) is 5.75 Å². The van der Waals surface area contributed by atoms with Gasteiger partial charge in [0.1, 0.15) is 17.4 Å². The third kappa shape index (κ3) is 5.51. The van der Waals surface area contributed by atoms with Crippen LogP contribution in [0.15, 0.2) is 42.5 Å². The van der Waals surface area contributed by atoms with Crippen LogP contribution in [0.2, 0.25) is 0 Å². The van der Waals surface area contributed by atoms with Crippen LogP contribution in [0.25, 0.3) is 0 Å². The van der Waals surface area contributed by atoms with Gasteiger partial charge in [-0.2, -0.15) is 0 Å². The molecule has 3 rings (SSSR count). The molecule has 0 radical (unpaired) electrons. The summed E-state index contributed by atoms with van der Waals surface area (Å²) in [5.41, 5.74) is 0.932. The molecule has 154 valence electrons. The lowest BCUT2D eigenvalue weighted by Crippen LogP contribution is -2.50. The number of amides is 2. The number of piperazine rings is 1. The molecule has 8 heteroatoms. The van der Waals surface area contributed by atoms with Crippen LogP contribution < -0.4 is 10.1 Å². The van der Waals surface area contributed by atoms with Crippen molar-refractivity contribution >= 4 is 11.8 Å². The summed E-state index contributed by atoms with van der Waals surface area (Å²) in [4.78, 5) is 28.2. The molecule has 0 aliphatic carbocycles. The summed E-state index contributed by atoms with van der Waals surface area (Å²) >= 11 is 0. The van der Waals surface area contributed by atoms with Gasteiger partial charge in [-0.15, -0.1) is 0 Å². The summed E-state index contributed by atoms with van der Waals surface area (Å²) in [6.07, 6.45) is 0. The van der Waals surface area contributed by atoms with E-state index in [1.165, 1.54) is 30.3 Å². The van der Waals surface area contributed by atoms with Gasteiger partial charge >= 0.3 is 0 Å². The molecule has 2 aromatic carbocycles. The van der Waals surface area contributed by atoms with Gasteiger partial charge in [-0.3, -0.25) is 14.5 Å². The predicted octanol–water partition coefficient (Wildman–Crippen LogP) is 2.05. The number of nitrogens with one attached hydrogen (secondary N) is 1. The van der Waals surface area contributed by atoms with Gasteiger partial charge in [0.05, 0.1) is 13.7 Å². The molecule has 2 amide bonds. The average molecular weight is 403 g/mol. The molecule has 1 aliphatic rings. The summed E-state index contributed by atoms with van der Waals surface area (Å²) in [6, 6.07) is 9.72. The monoisotopic (exact) mass is 403 g/mol. The van der Waals surface area contributed by atoms with E-state index in [2.05, 4.69) is 10.2 Å². The first-order valence-corrected chi connectivity index (χ1v) is 9.32. The molecule has 6 nitrogen and oxygen atoms in total. The molecular formula is C21H23F2N3O3. The molecule has 1 heterocycles. The van der Waals surface area contributed by atoms with Crippen LogP contribution in [0.3, 0.4) is 0 Å². The first-order valence-electron chi connectivity index (χ1n) is 9.32. The Morgan fingerprint density at radius 1 is 1.03 bits per heavy atom. The fourth-order valence-electron chi connectivity index (χ4n) is 3.27. The van der Waals surface area contributed by atoms with Crippen molar-refractivity contribution in [1.82, 2.24) is 15.1 Å². The van der Waals surface area contributed by atoms with Crippen LogP contribution in [0.4, 0.5) is 8.78 Å². The van der Waals surface area contributed by atoms with E-state index in [1.807, 2.05) is 0 Å². The van der Waals surface area contributed by atoms with Crippen molar-refractivity contribution in [3.8, 4) is 5.75 Å². The lowest BCUT2D eigenvalue weighted by atomic mass is 10.1. The van der Waals surface area contributed by atoms with Crippen molar-refractivity contribution < 1.29 is 23.1 Å². The van der Waals surface area contributed by atoms with Gasteiger partial charge in [0.2, 0.25) is 5.91 Å². The molecule has 2 aromatic rings. The molecule has 29 heavy (non-hydrogen) atoms. The topological polar surface area (TPSA) is 61.9 Å². The SMILES string of the molecule is COc1ccc(F)cc1CN1CCN(C(=O)CNC(=O)c2cccc(F)c2)CC1. The van der Waals surface area contributed by atoms with Gasteiger partial charge in [-0.25, -0.2) is 8.78 Å². The molecule has 0 saturated carbocycles. The summed E-state index contributed by atoms with van der Waals surface area (Å²) in [7, 11) is 1.55. The van der Waals surface area contributed by atoms with E-state index in [1.54, 1.807) is 18.1 Å². The summed E-state index contributed by atoms with van der Waals surface area (Å²) < 4.78 is 32.0. The lowest BCUT2D eigenvalue weighted by Gasteiger charge is -2.35. The second-order valence-electron chi connectivity index (χ2n) is 6.81. The molecule has 0 spiro atoms. The Morgan fingerprint density at radius 3 is 2.45 bits per heavy atom. The van der Waals surface area contributed by atoms with Gasteiger partial charge < -0.3 is 15.0 Å². The maximum absolute atomic E-state index is 13.5. The zero-order valence-corrected chi connectivity index (χ0v) is 16.2. The number of hydrogen-bond donors (Lipinski definition) is 1. The van der Waals surface area contributed by atoms with Gasteiger partial charge in [-0.1, -0.05) is 6.07 Å². The van der Waals surface area contributed by atoms with Crippen LogP contribution in [-0.2, 0) is 11.3 Å². The summed E-state index contributed by atoms with van der Waals surface area (Å²) in [5, 5.41) is 2.53. The predicted molar refractivity (Wildman–Crippen MR) is 104 cm³/mol. The number of ether oxygens (including phenoxy) is 1. The average Bonchev–Trinajstić information content (AvgIpc) is 2.72. The molecule has 1 saturated heterocycles. The van der Waals surface area contributed by atoms with Crippen molar-refractivity contribution in [2.45, 2.75) is 6.54 Å². The molecule has 1 fully saturated rings. The highest BCUT2D eigenvalue weighted by Crippen LogP contribution is 2.21. The maximum atomic E-state index is 13.5. The van der Waals surface area contributed by atoms with Crippen LogP contribution in [-0.4, -0.2) is 61.4 Å². The molecule has 1 N–H and O–H groups in total.